The van der Waals surface area contributed by atoms with E-state index in [1.54, 1.807) is 32.2 Å². The molecule has 0 fully saturated rings. The lowest BCUT2D eigenvalue weighted by Crippen LogP contribution is -2.36. The van der Waals surface area contributed by atoms with Crippen LogP contribution in [0.1, 0.15) is 16.0 Å². The van der Waals surface area contributed by atoms with Crippen LogP contribution in [0, 0.1) is 12.7 Å². The number of hydrogen-bond acceptors (Lipinski definition) is 4. The maximum absolute atomic E-state index is 13.6. The normalized spacial score (nSPS) is 12.5. The minimum Gasteiger partial charge on any atom is -0.352 e. The highest BCUT2D eigenvalue weighted by molar-refractivity contribution is 7.91. The van der Waals surface area contributed by atoms with Crippen molar-refractivity contribution in [2.24, 2.45) is 4.99 Å². The third kappa shape index (κ3) is 5.03. The predicted octanol–water partition coefficient (Wildman–Crippen LogP) is 2.31. The molecule has 1 aromatic carbocycles. The van der Waals surface area contributed by atoms with Gasteiger partial charge in [0, 0.05) is 32.6 Å². The van der Waals surface area contributed by atoms with Crippen molar-refractivity contribution in [3.8, 4) is 0 Å². The van der Waals surface area contributed by atoms with Gasteiger partial charge in [-0.05, 0) is 36.2 Å². The fourth-order valence-electron chi connectivity index (χ4n) is 2.10. The van der Waals surface area contributed by atoms with Crippen LogP contribution in [0.4, 0.5) is 4.39 Å². The first-order chi connectivity index (χ1) is 12.2. The van der Waals surface area contributed by atoms with Crippen molar-refractivity contribution in [3.05, 3.63) is 52.2 Å². The number of nitrogens with one attached hydrogen (secondary N) is 2. The number of aryl methyl sites for hydroxylation is 1. The number of hydrogen-bond donors (Lipinski definition) is 2. The van der Waals surface area contributed by atoms with Gasteiger partial charge in [-0.15, -0.1) is 11.3 Å². The second-order valence-electron chi connectivity index (χ2n) is 5.87. The second-order valence-corrected chi connectivity index (χ2v) is 9.42. The number of guanidine groups is 1. The van der Waals surface area contributed by atoms with Crippen molar-refractivity contribution in [2.75, 3.05) is 21.1 Å². The van der Waals surface area contributed by atoms with Crippen LogP contribution in [0.25, 0.3) is 0 Å². The van der Waals surface area contributed by atoms with E-state index in [0.717, 1.165) is 10.4 Å². The van der Waals surface area contributed by atoms with E-state index >= 15 is 0 Å². The van der Waals surface area contributed by atoms with Gasteiger partial charge in [-0.25, -0.2) is 17.1 Å². The number of halogens is 1. The molecule has 0 saturated heterocycles. The fraction of sp³-hybridized carbons (Fsp3) is 0.353. The molecule has 1 aromatic heterocycles. The Hall–Kier alpha value is -1.97. The van der Waals surface area contributed by atoms with Crippen molar-refractivity contribution in [1.29, 1.82) is 0 Å². The average molecular weight is 399 g/mol. The van der Waals surface area contributed by atoms with Crippen molar-refractivity contribution in [1.82, 2.24) is 14.9 Å². The van der Waals surface area contributed by atoms with E-state index in [1.165, 1.54) is 35.8 Å². The van der Waals surface area contributed by atoms with E-state index < -0.39 is 10.0 Å². The van der Waals surface area contributed by atoms with Gasteiger partial charge in [0.25, 0.3) is 10.0 Å². The van der Waals surface area contributed by atoms with Crippen molar-refractivity contribution < 1.29 is 12.8 Å². The summed E-state index contributed by atoms with van der Waals surface area (Å²) in [5.41, 5.74) is 1.42. The molecule has 142 valence electrons. The Labute approximate surface area is 157 Å². The highest BCUT2D eigenvalue weighted by atomic mass is 32.2. The standard InChI is InChI=1S/C17H23FN4O2S2/c1-12-5-6-13(9-15(12)18)10-20-17(19-2)21-11-14-7-8-16(25-14)26(23,24)22(3)4/h5-9H,10-11H2,1-4H3,(H2,19,20,21). The number of thiophene rings is 1. The van der Waals surface area contributed by atoms with Gasteiger partial charge in [0.1, 0.15) is 10.0 Å². The van der Waals surface area contributed by atoms with E-state index in [9.17, 15) is 12.8 Å². The zero-order valence-corrected chi connectivity index (χ0v) is 16.8. The van der Waals surface area contributed by atoms with Gasteiger partial charge < -0.3 is 10.6 Å². The summed E-state index contributed by atoms with van der Waals surface area (Å²) in [6, 6.07) is 8.46. The minimum absolute atomic E-state index is 0.236. The molecule has 0 aliphatic carbocycles. The van der Waals surface area contributed by atoms with Gasteiger partial charge in [-0.3, -0.25) is 4.99 Å². The lowest BCUT2D eigenvalue weighted by molar-refractivity contribution is 0.523. The van der Waals surface area contributed by atoms with Gasteiger partial charge in [0.05, 0.1) is 6.54 Å². The van der Waals surface area contributed by atoms with Crippen LogP contribution in [0.3, 0.4) is 0 Å². The van der Waals surface area contributed by atoms with E-state index in [1.807, 2.05) is 6.07 Å². The minimum atomic E-state index is -3.41. The van der Waals surface area contributed by atoms with Crippen LogP contribution in [-0.2, 0) is 23.1 Å². The molecule has 0 spiro atoms. The zero-order valence-electron chi connectivity index (χ0n) is 15.2. The number of nitrogens with zero attached hydrogens (tertiary/aromatic N) is 2. The Morgan fingerprint density at radius 2 is 1.88 bits per heavy atom. The molecule has 0 unspecified atom stereocenters. The molecular weight excluding hydrogens is 375 g/mol. The first-order valence-corrected chi connectivity index (χ1v) is 10.2. The second kappa shape index (κ2) is 8.61. The number of rotatable bonds is 6. The Bertz CT molecular complexity index is 892. The summed E-state index contributed by atoms with van der Waals surface area (Å²) < 4.78 is 39.3. The van der Waals surface area contributed by atoms with E-state index in [0.29, 0.717) is 28.8 Å². The number of sulfonamides is 1. The van der Waals surface area contributed by atoms with Crippen LogP contribution in [-0.4, -0.2) is 39.8 Å². The molecular formula is C17H23FN4O2S2. The third-order valence-electron chi connectivity index (χ3n) is 3.72. The Kier molecular flexibility index (Phi) is 6.74. The first kappa shape index (κ1) is 20.3. The van der Waals surface area contributed by atoms with E-state index in [2.05, 4.69) is 15.6 Å². The molecule has 2 N–H and O–H groups in total. The molecule has 0 aliphatic rings. The predicted molar refractivity (Wildman–Crippen MR) is 103 cm³/mol. The van der Waals surface area contributed by atoms with Crippen LogP contribution in [0.2, 0.25) is 0 Å². The summed E-state index contributed by atoms with van der Waals surface area (Å²) in [7, 11) is 1.24. The molecule has 26 heavy (non-hydrogen) atoms. The van der Waals surface area contributed by atoms with Gasteiger partial charge in [0.15, 0.2) is 5.96 Å². The van der Waals surface area contributed by atoms with Gasteiger partial charge in [-0.1, -0.05) is 12.1 Å². The number of aliphatic imine (C=N–C) groups is 1. The highest BCUT2D eigenvalue weighted by Crippen LogP contribution is 2.23. The molecule has 0 radical (unpaired) electrons. The third-order valence-corrected chi connectivity index (χ3v) is 7.09. The van der Waals surface area contributed by atoms with Gasteiger partial charge in [-0.2, -0.15) is 0 Å². The molecule has 0 atom stereocenters. The maximum atomic E-state index is 13.6. The molecule has 2 rings (SSSR count). The summed E-state index contributed by atoms with van der Waals surface area (Å²) in [5.74, 6) is 0.317. The molecule has 2 aromatic rings. The monoisotopic (exact) mass is 398 g/mol. The van der Waals surface area contributed by atoms with Crippen LogP contribution in [0.15, 0.2) is 39.5 Å². The van der Waals surface area contributed by atoms with Gasteiger partial charge >= 0.3 is 0 Å². The van der Waals surface area contributed by atoms with Crippen LogP contribution in [0.5, 0.6) is 0 Å². The quantitative estimate of drug-likeness (QED) is 0.579. The molecule has 0 bridgehead atoms. The smallest absolute Gasteiger partial charge is 0.252 e. The van der Waals surface area contributed by atoms with Crippen molar-refractivity contribution in [2.45, 2.75) is 24.2 Å². The van der Waals surface area contributed by atoms with E-state index in [4.69, 9.17) is 0 Å². The van der Waals surface area contributed by atoms with Gasteiger partial charge in [0.2, 0.25) is 0 Å². The molecule has 1 heterocycles. The summed E-state index contributed by atoms with van der Waals surface area (Å²) >= 11 is 1.21. The fourth-order valence-corrected chi connectivity index (χ4v) is 4.56. The molecule has 0 saturated carbocycles. The summed E-state index contributed by atoms with van der Waals surface area (Å²) in [4.78, 5) is 4.99. The Balaban J connectivity index is 1.93. The Morgan fingerprint density at radius 1 is 1.19 bits per heavy atom. The van der Waals surface area contributed by atoms with E-state index in [-0.39, 0.29) is 5.82 Å². The van der Waals surface area contributed by atoms with Crippen LogP contribution >= 0.6 is 11.3 Å². The molecule has 0 amide bonds. The summed E-state index contributed by atoms with van der Waals surface area (Å²) in [6.45, 7) is 2.59. The molecule has 9 heteroatoms. The lowest BCUT2D eigenvalue weighted by atomic mass is 10.1. The van der Waals surface area contributed by atoms with Crippen molar-refractivity contribution >= 4 is 27.3 Å². The molecule has 0 aliphatic heterocycles. The SMILES string of the molecule is CN=C(NCc1ccc(C)c(F)c1)NCc1ccc(S(=O)(=O)N(C)C)s1. The first-order valence-electron chi connectivity index (χ1n) is 7.95. The number of benzene rings is 1. The summed E-state index contributed by atoms with van der Waals surface area (Å²) in [6.07, 6.45) is 0. The zero-order chi connectivity index (χ0) is 19.3. The summed E-state index contributed by atoms with van der Waals surface area (Å²) in [5, 5.41) is 6.23. The lowest BCUT2D eigenvalue weighted by Gasteiger charge is -2.12. The van der Waals surface area contributed by atoms with Crippen molar-refractivity contribution in [3.63, 3.8) is 0 Å². The Morgan fingerprint density at radius 3 is 2.50 bits per heavy atom. The maximum Gasteiger partial charge on any atom is 0.252 e. The average Bonchev–Trinajstić information content (AvgIpc) is 3.07. The largest absolute Gasteiger partial charge is 0.352 e. The highest BCUT2D eigenvalue weighted by Gasteiger charge is 2.19. The van der Waals surface area contributed by atoms with Crippen LogP contribution < -0.4 is 10.6 Å². The molecule has 6 nitrogen and oxygen atoms in total. The topological polar surface area (TPSA) is 73.8 Å².